The molecule has 4 aromatic heterocycles. The molecule has 2 saturated heterocycles. The Morgan fingerprint density at radius 2 is 1.94 bits per heavy atom. The molecule has 16 heteroatoms. The van der Waals surface area contributed by atoms with Crippen molar-refractivity contribution >= 4 is 65.8 Å². The molecule has 0 bridgehead atoms. The number of amides is 1. The monoisotopic (exact) mass is 784 g/mol. The molecule has 5 aromatic rings. The summed E-state index contributed by atoms with van der Waals surface area (Å²) < 4.78 is 33.7. The van der Waals surface area contributed by atoms with Gasteiger partial charge in [0.05, 0.1) is 64.4 Å². The summed E-state index contributed by atoms with van der Waals surface area (Å²) in [4.78, 5) is 45.4. The molecule has 2 aliphatic rings. The van der Waals surface area contributed by atoms with Gasteiger partial charge in [0, 0.05) is 59.0 Å². The average molecular weight is 785 g/mol. The highest BCUT2D eigenvalue weighted by atomic mass is 35.5. The van der Waals surface area contributed by atoms with Gasteiger partial charge in [-0.2, -0.15) is 5.26 Å². The number of fused-ring (bicyclic) bond motifs is 2. The molecule has 2 fully saturated rings. The van der Waals surface area contributed by atoms with Crippen LogP contribution in [0.5, 0.6) is 0 Å². The quantitative estimate of drug-likeness (QED) is 0.206. The molecule has 54 heavy (non-hydrogen) atoms. The van der Waals surface area contributed by atoms with Crippen LogP contribution in [-0.4, -0.2) is 89.4 Å². The number of benzene rings is 1. The number of nitriles is 1. The number of sulfonamides is 1. The maximum absolute atomic E-state index is 14.2. The number of anilines is 1. The van der Waals surface area contributed by atoms with E-state index < -0.39 is 15.9 Å². The minimum Gasteiger partial charge on any atom is -0.378 e. The Hall–Kier alpha value is -4.90. The topological polar surface area (TPSA) is 163 Å². The van der Waals surface area contributed by atoms with E-state index in [1.165, 1.54) is 22.8 Å². The second-order valence-electron chi connectivity index (χ2n) is 13.1. The first kappa shape index (κ1) is 37.4. The molecule has 0 atom stereocenters. The Bertz CT molecular complexity index is 2560. The van der Waals surface area contributed by atoms with Gasteiger partial charge in [0.1, 0.15) is 23.3 Å². The van der Waals surface area contributed by atoms with Gasteiger partial charge in [0.2, 0.25) is 10.0 Å². The summed E-state index contributed by atoms with van der Waals surface area (Å²) >= 11 is 7.71. The second-order valence-corrected chi connectivity index (χ2v) is 16.5. The zero-order valence-corrected chi connectivity index (χ0v) is 32.3. The lowest BCUT2D eigenvalue weighted by molar-refractivity contribution is -0.0711. The lowest BCUT2D eigenvalue weighted by atomic mass is 10.00. The fraction of sp³-hybridized carbons (Fsp3) is 0.368. The molecule has 0 unspecified atom stereocenters. The molecule has 1 amide bonds. The van der Waals surface area contributed by atoms with Crippen LogP contribution >= 0.6 is 22.9 Å². The summed E-state index contributed by atoms with van der Waals surface area (Å²) in [6.45, 7) is 9.28. The van der Waals surface area contributed by atoms with E-state index in [-0.39, 0.29) is 40.4 Å². The van der Waals surface area contributed by atoms with E-state index in [4.69, 9.17) is 16.3 Å². The average Bonchev–Trinajstić information content (AvgIpc) is 3.58. The van der Waals surface area contributed by atoms with E-state index in [0.29, 0.717) is 61.7 Å². The van der Waals surface area contributed by atoms with Crippen LogP contribution in [-0.2, 0) is 21.3 Å². The molecule has 0 radical (unpaired) electrons. The number of thiophene rings is 1. The Labute approximate surface area is 321 Å². The standard InChI is InChI=1S/C38H37ClN8O5S2/c1-4-46(26-11-15-45(16-12-26)27-20-52-21-27)36-30(18-40)33-32(19-42-36)43-23(3)47(38(33)49)14-6-7-24-8-9-25(39)17-29(24)28-10-13-41-34-31(22-53-35(28)34)37(48)44-54(50,51)5-2/h8-10,13,17,19,22,26-27H,4-5,11-12,14-16,20-21H2,1-3H3,(H,44,48). The van der Waals surface area contributed by atoms with E-state index in [1.807, 2.05) is 6.92 Å². The first-order valence-corrected chi connectivity index (χ1v) is 20.5. The van der Waals surface area contributed by atoms with Gasteiger partial charge in [-0.25, -0.2) is 23.1 Å². The van der Waals surface area contributed by atoms with Gasteiger partial charge in [-0.1, -0.05) is 23.4 Å². The van der Waals surface area contributed by atoms with Crippen molar-refractivity contribution in [1.29, 1.82) is 5.26 Å². The number of aryl methyl sites for hydroxylation is 1. The number of hydrogen-bond donors (Lipinski definition) is 1. The number of piperidine rings is 1. The summed E-state index contributed by atoms with van der Waals surface area (Å²) in [5.74, 6) is 6.24. The van der Waals surface area contributed by atoms with Crippen LogP contribution in [0.25, 0.3) is 32.2 Å². The SMILES string of the molecule is CCN(c1ncc2nc(C)n(CC#Cc3ccc(Cl)cc3-c3ccnc4c(C(=O)NS(=O)(=O)CC)csc34)c(=O)c2c1C#N)C1CCN(C2COC2)CC1. The zero-order chi connectivity index (χ0) is 38.1. The van der Waals surface area contributed by atoms with Crippen molar-refractivity contribution in [3.63, 3.8) is 0 Å². The normalized spacial score (nSPS) is 15.4. The van der Waals surface area contributed by atoms with Gasteiger partial charge >= 0.3 is 0 Å². The van der Waals surface area contributed by atoms with Gasteiger partial charge < -0.3 is 9.64 Å². The second kappa shape index (κ2) is 15.5. The van der Waals surface area contributed by atoms with Crippen molar-refractivity contribution in [3.8, 4) is 29.0 Å². The number of ether oxygens (including phenoxy) is 1. The molecule has 278 valence electrons. The van der Waals surface area contributed by atoms with Crippen molar-refractivity contribution in [2.24, 2.45) is 0 Å². The number of nitrogens with zero attached hydrogens (tertiary/aromatic N) is 7. The highest BCUT2D eigenvalue weighted by Crippen LogP contribution is 2.37. The van der Waals surface area contributed by atoms with Gasteiger partial charge in [-0.3, -0.25) is 24.0 Å². The third-order valence-corrected chi connectivity index (χ3v) is 12.5. The van der Waals surface area contributed by atoms with Crippen molar-refractivity contribution in [3.05, 3.63) is 79.9 Å². The first-order valence-electron chi connectivity index (χ1n) is 17.6. The molecular formula is C38H37ClN8O5S2. The predicted molar refractivity (Wildman–Crippen MR) is 209 cm³/mol. The van der Waals surface area contributed by atoms with Crippen LogP contribution < -0.4 is 15.2 Å². The van der Waals surface area contributed by atoms with Crippen LogP contribution in [0.4, 0.5) is 5.82 Å². The largest absolute Gasteiger partial charge is 0.378 e. The molecule has 13 nitrogen and oxygen atoms in total. The van der Waals surface area contributed by atoms with E-state index in [9.17, 15) is 23.3 Å². The highest BCUT2D eigenvalue weighted by molar-refractivity contribution is 7.90. The van der Waals surface area contributed by atoms with Crippen LogP contribution in [0.3, 0.4) is 0 Å². The number of pyridine rings is 2. The van der Waals surface area contributed by atoms with E-state index >= 15 is 0 Å². The summed E-state index contributed by atoms with van der Waals surface area (Å²) in [6.07, 6.45) is 4.97. The third kappa shape index (κ3) is 7.18. The minimum atomic E-state index is -3.77. The molecule has 6 heterocycles. The first-order chi connectivity index (χ1) is 26.0. The molecule has 0 aliphatic carbocycles. The minimum absolute atomic E-state index is 0.0000103. The molecule has 7 rings (SSSR count). The third-order valence-electron chi connectivity index (χ3n) is 10.0. The van der Waals surface area contributed by atoms with Crippen molar-refractivity contribution in [2.45, 2.75) is 52.2 Å². The maximum atomic E-state index is 14.2. The maximum Gasteiger partial charge on any atom is 0.267 e. The molecular weight excluding hydrogens is 748 g/mol. The van der Waals surface area contributed by atoms with Crippen LogP contribution in [0.15, 0.2) is 46.8 Å². The van der Waals surface area contributed by atoms with Gasteiger partial charge in [-0.05, 0) is 57.9 Å². The Kier molecular flexibility index (Phi) is 10.7. The smallest absolute Gasteiger partial charge is 0.267 e. The lowest BCUT2D eigenvalue weighted by Crippen LogP contribution is -2.54. The van der Waals surface area contributed by atoms with E-state index in [1.54, 1.807) is 49.0 Å². The Morgan fingerprint density at radius 1 is 1.17 bits per heavy atom. The van der Waals surface area contributed by atoms with Crippen molar-refractivity contribution in [2.75, 3.05) is 43.5 Å². The summed E-state index contributed by atoms with van der Waals surface area (Å²) in [5, 5.41) is 12.7. The number of nitrogens with one attached hydrogen (secondary N) is 1. The lowest BCUT2D eigenvalue weighted by Gasteiger charge is -2.44. The molecule has 1 N–H and O–H groups in total. The highest BCUT2D eigenvalue weighted by Gasteiger charge is 2.33. The van der Waals surface area contributed by atoms with Gasteiger partial charge in [0.25, 0.3) is 11.5 Å². The molecule has 0 spiro atoms. The van der Waals surface area contributed by atoms with E-state index in [0.717, 1.165) is 39.1 Å². The molecule has 0 saturated carbocycles. The van der Waals surface area contributed by atoms with E-state index in [2.05, 4.69) is 47.4 Å². The van der Waals surface area contributed by atoms with Crippen LogP contribution in [0.1, 0.15) is 54.0 Å². The van der Waals surface area contributed by atoms with Gasteiger partial charge in [-0.15, -0.1) is 11.3 Å². The number of halogens is 1. The molecule has 1 aromatic carbocycles. The van der Waals surface area contributed by atoms with Crippen molar-refractivity contribution in [1.82, 2.24) is 29.1 Å². The Morgan fingerprint density at radius 3 is 2.63 bits per heavy atom. The van der Waals surface area contributed by atoms with Gasteiger partial charge in [0.15, 0.2) is 0 Å². The number of rotatable bonds is 9. The fourth-order valence-corrected chi connectivity index (χ4v) is 8.78. The number of carbonyl (C=O) groups excluding carboxylic acids is 1. The fourth-order valence-electron chi connectivity index (χ4n) is 7.03. The summed E-state index contributed by atoms with van der Waals surface area (Å²) in [7, 11) is -3.77. The van der Waals surface area contributed by atoms with Crippen molar-refractivity contribution < 1.29 is 17.9 Å². The zero-order valence-electron chi connectivity index (χ0n) is 29.9. The summed E-state index contributed by atoms with van der Waals surface area (Å²) in [6, 6.07) is 9.97. The summed E-state index contributed by atoms with van der Waals surface area (Å²) in [5.41, 5.74) is 2.68. The number of carbonyl (C=O) groups is 1. The van der Waals surface area contributed by atoms with Crippen LogP contribution in [0.2, 0.25) is 5.02 Å². The predicted octanol–water partition coefficient (Wildman–Crippen LogP) is 4.72. The number of aromatic nitrogens is 4. The number of hydrogen-bond acceptors (Lipinski definition) is 12. The Balaban J connectivity index is 1.20. The molecule has 2 aliphatic heterocycles. The van der Waals surface area contributed by atoms with Crippen LogP contribution in [0, 0.1) is 30.1 Å². The number of likely N-dealkylation sites (tertiary alicyclic amines) is 1.